The van der Waals surface area contributed by atoms with Crippen LogP contribution in [0.5, 0.6) is 0 Å². The summed E-state index contributed by atoms with van der Waals surface area (Å²) in [5.74, 6) is -4.55. The minimum atomic E-state index is -3.31. The van der Waals surface area contributed by atoms with Crippen molar-refractivity contribution in [3.05, 3.63) is 23.8 Å². The van der Waals surface area contributed by atoms with Crippen LogP contribution in [0.15, 0.2) is 23.8 Å². The van der Waals surface area contributed by atoms with E-state index in [4.69, 9.17) is 5.48 Å². The summed E-state index contributed by atoms with van der Waals surface area (Å²) in [5.41, 5.74) is -7.72. The van der Waals surface area contributed by atoms with E-state index in [1.165, 1.54) is 26.8 Å². The minimum Gasteiger partial charge on any atom is -0.390 e. The van der Waals surface area contributed by atoms with Gasteiger partial charge in [-0.2, -0.15) is 0 Å². The number of hydrogen-bond acceptors (Lipinski definition) is 5. The Kier molecular flexibility index (Phi) is 3.22. The van der Waals surface area contributed by atoms with Crippen molar-refractivity contribution in [1.82, 2.24) is 0 Å². The first-order valence-corrected chi connectivity index (χ1v) is 9.71. The predicted octanol–water partition coefficient (Wildman–Crippen LogP) is 1.90. The number of carbonyl (C=O) groups is 2. The van der Waals surface area contributed by atoms with Crippen molar-refractivity contribution in [2.75, 3.05) is 6.56 Å². The van der Waals surface area contributed by atoms with Gasteiger partial charge in [0.15, 0.2) is 17.2 Å². The lowest BCUT2D eigenvalue weighted by Gasteiger charge is -2.62. The summed E-state index contributed by atoms with van der Waals surface area (Å²) < 4.78 is 48.9. The molecular weight excluding hydrogens is 363 g/mol. The number of alkyl halides is 1. The maximum absolute atomic E-state index is 17.1. The molecule has 0 aromatic rings. The van der Waals surface area contributed by atoms with Crippen molar-refractivity contribution >= 4 is 11.6 Å². The van der Waals surface area contributed by atoms with Crippen molar-refractivity contribution in [1.29, 1.82) is 0 Å². The first-order valence-electron chi connectivity index (χ1n) is 11.8. The van der Waals surface area contributed by atoms with Crippen LogP contribution in [0, 0.1) is 28.6 Å². The Hall–Kier alpha value is -1.37. The van der Waals surface area contributed by atoms with Gasteiger partial charge in [0, 0.05) is 18.1 Å². The molecule has 0 aliphatic heterocycles. The maximum atomic E-state index is 17.1. The van der Waals surface area contributed by atoms with Gasteiger partial charge in [0.1, 0.15) is 12.2 Å². The van der Waals surface area contributed by atoms with Gasteiger partial charge in [-0.15, -0.1) is 0 Å². The normalized spacial score (nSPS) is 58.1. The number of ketones is 2. The molecule has 0 spiro atoms. The molecule has 3 N–H and O–H groups in total. The van der Waals surface area contributed by atoms with Crippen molar-refractivity contribution < 1.29 is 34.8 Å². The van der Waals surface area contributed by atoms with Crippen LogP contribution in [0.3, 0.4) is 0 Å². The van der Waals surface area contributed by atoms with Gasteiger partial charge in [-0.1, -0.05) is 25.5 Å². The second kappa shape index (κ2) is 5.83. The molecule has 5 nitrogen and oxygen atoms in total. The first-order chi connectivity index (χ1) is 14.5. The standard InChI is InChI=1S/C22H29FO5/c1-12-8-16-15-5-4-13-9-14(25)6-7-19(13,2)21(15,23)17(26)10-20(16,3)22(12,28)18(27)11-24/h6-7,9,12,15-17,24,26,28H,4-5,8,10-11H2,1-3H3/t12-,15+,16+,17+,19+,20+,21+,22+/m1/s1/i4D,9D,11D2/t4?,12-,15+,16+,17+,19+,20+,21+,22+. The van der Waals surface area contributed by atoms with Gasteiger partial charge in [-0.25, -0.2) is 4.39 Å². The van der Waals surface area contributed by atoms with Gasteiger partial charge in [0.2, 0.25) is 0 Å². The zero-order valence-electron chi connectivity index (χ0n) is 20.2. The van der Waals surface area contributed by atoms with E-state index in [1.54, 1.807) is 0 Å². The molecule has 3 saturated carbocycles. The molecule has 0 amide bonds. The highest BCUT2D eigenvalue weighted by Gasteiger charge is 2.75. The maximum Gasteiger partial charge on any atom is 0.190 e. The summed E-state index contributed by atoms with van der Waals surface area (Å²) in [6, 6.07) is -0.439. The van der Waals surface area contributed by atoms with Crippen molar-refractivity contribution in [3.8, 4) is 0 Å². The molecule has 28 heavy (non-hydrogen) atoms. The Labute approximate surface area is 169 Å². The van der Waals surface area contributed by atoms with E-state index in [2.05, 4.69) is 0 Å². The summed E-state index contributed by atoms with van der Waals surface area (Å²) in [7, 11) is 0. The molecule has 0 saturated heterocycles. The Morgan fingerprint density at radius 1 is 1.46 bits per heavy atom. The van der Waals surface area contributed by atoms with Gasteiger partial charge in [0.05, 0.1) is 10.2 Å². The first kappa shape index (κ1) is 15.5. The largest absolute Gasteiger partial charge is 0.390 e. The molecule has 6 heteroatoms. The minimum absolute atomic E-state index is 0.0236. The predicted molar refractivity (Wildman–Crippen MR) is 99.9 cm³/mol. The smallest absolute Gasteiger partial charge is 0.190 e. The summed E-state index contributed by atoms with van der Waals surface area (Å²) >= 11 is 0. The van der Waals surface area contributed by atoms with Gasteiger partial charge < -0.3 is 15.3 Å². The van der Waals surface area contributed by atoms with Gasteiger partial charge in [0.25, 0.3) is 0 Å². The molecule has 0 aromatic heterocycles. The molecule has 0 aromatic carbocycles. The summed E-state index contributed by atoms with van der Waals surface area (Å²) in [4.78, 5) is 25.0. The van der Waals surface area contributed by atoms with Crippen LogP contribution in [0.1, 0.15) is 51.9 Å². The lowest BCUT2D eigenvalue weighted by atomic mass is 9.44. The third-order valence-corrected chi connectivity index (χ3v) is 8.34. The van der Waals surface area contributed by atoms with Crippen LogP contribution in [0.2, 0.25) is 0 Å². The number of allylic oxidation sites excluding steroid dienone is 4. The SMILES string of the molecule is [2H]C1=C2C([2H])C[C@H]3[C@@H]4C[C@@H](C)[C@](O)(C(=O)C([2H])([2H])O)[C@@]4(C)C[C@H](O)[C@]3(F)[C@@]2(C)C=CC1=O. The Morgan fingerprint density at radius 3 is 2.79 bits per heavy atom. The molecule has 0 bridgehead atoms. The third-order valence-electron chi connectivity index (χ3n) is 8.34. The molecule has 4 rings (SSSR count). The summed E-state index contributed by atoms with van der Waals surface area (Å²) in [5, 5.41) is 32.5. The fourth-order valence-corrected chi connectivity index (χ4v) is 6.78. The summed E-state index contributed by atoms with van der Waals surface area (Å²) in [6.45, 7) is 1.21. The lowest BCUT2D eigenvalue weighted by molar-refractivity contribution is -0.219. The molecule has 154 valence electrons. The van der Waals surface area contributed by atoms with E-state index in [1.807, 2.05) is 0 Å². The Bertz CT molecular complexity index is 962. The average molecular weight is 396 g/mol. The monoisotopic (exact) mass is 396 g/mol. The lowest BCUT2D eigenvalue weighted by Crippen LogP contribution is -2.69. The molecule has 1 unspecified atom stereocenters. The van der Waals surface area contributed by atoms with Gasteiger partial charge in [-0.3, -0.25) is 9.59 Å². The molecule has 0 heterocycles. The second-order valence-electron chi connectivity index (χ2n) is 9.34. The van der Waals surface area contributed by atoms with E-state index in [-0.39, 0.29) is 24.8 Å². The molecule has 3 fully saturated rings. The number of hydrogen-bond donors (Lipinski definition) is 3. The number of aliphatic hydroxyl groups is 3. The van der Waals surface area contributed by atoms with Crippen molar-refractivity contribution in [2.24, 2.45) is 28.6 Å². The average Bonchev–Trinajstić information content (AvgIpc) is 2.87. The van der Waals surface area contributed by atoms with Crippen LogP contribution < -0.4 is 0 Å². The van der Waals surface area contributed by atoms with E-state index in [9.17, 15) is 24.9 Å². The number of aliphatic hydroxyl groups excluding tert-OH is 1. The quantitative estimate of drug-likeness (QED) is 0.663. The van der Waals surface area contributed by atoms with Crippen LogP contribution in [0.4, 0.5) is 4.39 Å². The van der Waals surface area contributed by atoms with E-state index in [0.29, 0.717) is 0 Å². The van der Waals surface area contributed by atoms with Crippen LogP contribution in [-0.4, -0.2) is 50.8 Å². The van der Waals surface area contributed by atoms with Crippen LogP contribution >= 0.6 is 0 Å². The van der Waals surface area contributed by atoms with Crippen LogP contribution in [-0.2, 0) is 9.59 Å². The van der Waals surface area contributed by atoms with Crippen molar-refractivity contribution in [2.45, 2.75) is 63.8 Å². The summed E-state index contributed by atoms with van der Waals surface area (Å²) in [6.07, 6.45) is -0.755. The fraction of sp³-hybridized carbons (Fsp3) is 0.727. The third kappa shape index (κ3) is 2.01. The molecular formula is C22H29FO5. The van der Waals surface area contributed by atoms with E-state index >= 15 is 4.39 Å². The van der Waals surface area contributed by atoms with Gasteiger partial charge >= 0.3 is 0 Å². The zero-order valence-corrected chi connectivity index (χ0v) is 16.2. The number of Topliss-reactive ketones (excluding diaryl/α,β-unsaturated/α-hetero) is 1. The number of fused-ring (bicyclic) bond motifs is 5. The van der Waals surface area contributed by atoms with Crippen LogP contribution in [0.25, 0.3) is 0 Å². The highest BCUT2D eigenvalue weighted by atomic mass is 19.1. The molecule has 9 atom stereocenters. The number of rotatable bonds is 2. The number of halogens is 1. The molecule has 4 aliphatic carbocycles. The fourth-order valence-electron chi connectivity index (χ4n) is 6.78. The highest BCUT2D eigenvalue weighted by molar-refractivity contribution is 6.01. The molecule has 0 radical (unpaired) electrons. The van der Waals surface area contributed by atoms with E-state index in [0.717, 1.165) is 6.08 Å². The second-order valence-corrected chi connectivity index (χ2v) is 9.34. The Morgan fingerprint density at radius 2 is 2.14 bits per heavy atom. The zero-order chi connectivity index (χ0) is 24.2. The molecule has 4 aliphatic rings. The topological polar surface area (TPSA) is 94.8 Å². The van der Waals surface area contributed by atoms with Crippen molar-refractivity contribution in [3.63, 3.8) is 0 Å². The Balaban J connectivity index is 1.89. The highest BCUT2D eigenvalue weighted by Crippen LogP contribution is 2.70. The van der Waals surface area contributed by atoms with Gasteiger partial charge in [-0.05, 0) is 56.5 Å². The number of carbonyl (C=O) groups excluding carboxylic acids is 2. The van der Waals surface area contributed by atoms with E-state index < -0.39 is 76.5 Å².